The molecule has 2 nitrogen and oxygen atoms in total. The van der Waals surface area contributed by atoms with E-state index >= 15 is 0 Å². The van der Waals surface area contributed by atoms with E-state index in [1.165, 1.54) is 11.1 Å². The third-order valence-electron chi connectivity index (χ3n) is 3.33. The third kappa shape index (κ3) is 3.73. The smallest absolute Gasteiger partial charge is 0.129 e. The lowest BCUT2D eigenvalue weighted by Gasteiger charge is -2.20. The normalized spacial score (nSPS) is 10.6. The standard InChI is InChI=1S/C17H21ClN2/c1-4-16-9-15(11-18)10-17(19-16)20(3)12-14-7-5-6-13(2)8-14/h5-10H,4,11-12H2,1-3H3. The zero-order chi connectivity index (χ0) is 14.5. The highest BCUT2D eigenvalue weighted by Crippen LogP contribution is 2.18. The fourth-order valence-electron chi connectivity index (χ4n) is 2.25. The van der Waals surface area contributed by atoms with Gasteiger partial charge in [0.2, 0.25) is 0 Å². The van der Waals surface area contributed by atoms with Crippen LogP contribution in [0.2, 0.25) is 0 Å². The lowest BCUT2D eigenvalue weighted by Crippen LogP contribution is -2.18. The topological polar surface area (TPSA) is 16.1 Å². The van der Waals surface area contributed by atoms with Crippen molar-refractivity contribution in [1.29, 1.82) is 0 Å². The molecule has 0 fully saturated rings. The molecule has 0 aliphatic carbocycles. The van der Waals surface area contributed by atoms with Crippen molar-refractivity contribution in [3.05, 3.63) is 58.8 Å². The second-order valence-electron chi connectivity index (χ2n) is 5.16. The lowest BCUT2D eigenvalue weighted by atomic mass is 10.1. The van der Waals surface area contributed by atoms with Crippen LogP contribution in [0.1, 0.15) is 29.3 Å². The molecule has 3 heteroatoms. The summed E-state index contributed by atoms with van der Waals surface area (Å²) in [6.45, 7) is 5.08. The molecule has 20 heavy (non-hydrogen) atoms. The number of alkyl halides is 1. The van der Waals surface area contributed by atoms with Crippen molar-refractivity contribution in [3.8, 4) is 0 Å². The number of anilines is 1. The molecule has 0 N–H and O–H groups in total. The first-order valence-corrected chi connectivity index (χ1v) is 7.48. The van der Waals surface area contributed by atoms with Crippen LogP contribution in [0, 0.1) is 6.92 Å². The van der Waals surface area contributed by atoms with Crippen molar-refractivity contribution >= 4 is 17.4 Å². The van der Waals surface area contributed by atoms with E-state index in [9.17, 15) is 0 Å². The van der Waals surface area contributed by atoms with Gasteiger partial charge < -0.3 is 4.90 Å². The summed E-state index contributed by atoms with van der Waals surface area (Å²) in [6.07, 6.45) is 0.927. The summed E-state index contributed by atoms with van der Waals surface area (Å²) in [5.74, 6) is 1.52. The zero-order valence-corrected chi connectivity index (χ0v) is 13.1. The molecule has 1 aromatic carbocycles. The van der Waals surface area contributed by atoms with E-state index in [1.54, 1.807) is 0 Å². The molecule has 0 radical (unpaired) electrons. The maximum Gasteiger partial charge on any atom is 0.129 e. The number of aromatic nitrogens is 1. The number of hydrogen-bond acceptors (Lipinski definition) is 2. The van der Waals surface area contributed by atoms with Crippen LogP contribution >= 0.6 is 11.6 Å². The second-order valence-corrected chi connectivity index (χ2v) is 5.42. The number of benzene rings is 1. The zero-order valence-electron chi connectivity index (χ0n) is 12.4. The number of hydrogen-bond donors (Lipinski definition) is 0. The number of halogens is 1. The Labute approximate surface area is 126 Å². The van der Waals surface area contributed by atoms with Crippen LogP contribution < -0.4 is 4.90 Å². The van der Waals surface area contributed by atoms with Gasteiger partial charge in [-0.2, -0.15) is 0 Å². The quantitative estimate of drug-likeness (QED) is 0.762. The highest BCUT2D eigenvalue weighted by Gasteiger charge is 2.07. The van der Waals surface area contributed by atoms with E-state index < -0.39 is 0 Å². The Bertz CT molecular complexity index is 559. The van der Waals surface area contributed by atoms with Gasteiger partial charge in [0.25, 0.3) is 0 Å². The average molecular weight is 289 g/mol. The Kier molecular flexibility index (Phi) is 5.02. The first kappa shape index (κ1) is 14.9. The van der Waals surface area contributed by atoms with Crippen molar-refractivity contribution in [2.45, 2.75) is 32.7 Å². The van der Waals surface area contributed by atoms with E-state index in [-0.39, 0.29) is 0 Å². The number of aryl methyl sites for hydroxylation is 2. The number of pyridine rings is 1. The molecular formula is C17H21ClN2. The molecule has 0 saturated heterocycles. The molecule has 0 aliphatic rings. The summed E-state index contributed by atoms with van der Waals surface area (Å²) in [5, 5.41) is 0. The molecular weight excluding hydrogens is 268 g/mol. The van der Waals surface area contributed by atoms with Crippen molar-refractivity contribution in [2.24, 2.45) is 0 Å². The van der Waals surface area contributed by atoms with E-state index in [1.807, 2.05) is 0 Å². The first-order valence-electron chi connectivity index (χ1n) is 6.95. The molecule has 2 rings (SSSR count). The Hall–Kier alpha value is -1.54. The largest absolute Gasteiger partial charge is 0.355 e. The summed E-state index contributed by atoms with van der Waals surface area (Å²) in [6, 6.07) is 12.7. The minimum Gasteiger partial charge on any atom is -0.355 e. The molecule has 0 saturated carbocycles. The van der Waals surface area contributed by atoms with Gasteiger partial charge in [-0.05, 0) is 36.6 Å². The third-order valence-corrected chi connectivity index (χ3v) is 3.64. The molecule has 0 aliphatic heterocycles. The maximum absolute atomic E-state index is 5.97. The molecule has 0 atom stereocenters. The summed E-state index contributed by atoms with van der Waals surface area (Å²) in [7, 11) is 2.07. The molecule has 106 valence electrons. The van der Waals surface area contributed by atoms with E-state index in [4.69, 9.17) is 11.6 Å². The van der Waals surface area contributed by atoms with Crippen LogP contribution in [0.25, 0.3) is 0 Å². The first-order chi connectivity index (χ1) is 9.62. The monoisotopic (exact) mass is 288 g/mol. The van der Waals surface area contributed by atoms with Crippen LogP contribution in [0.3, 0.4) is 0 Å². The minimum absolute atomic E-state index is 0.529. The van der Waals surface area contributed by atoms with Crippen molar-refractivity contribution < 1.29 is 0 Å². The van der Waals surface area contributed by atoms with Crippen LogP contribution in [-0.4, -0.2) is 12.0 Å². The van der Waals surface area contributed by atoms with E-state index in [0.717, 1.165) is 30.0 Å². The van der Waals surface area contributed by atoms with Gasteiger partial charge in [-0.3, -0.25) is 0 Å². The van der Waals surface area contributed by atoms with Crippen LogP contribution in [0.15, 0.2) is 36.4 Å². The Balaban J connectivity index is 2.22. The minimum atomic E-state index is 0.529. The van der Waals surface area contributed by atoms with Gasteiger partial charge in [-0.15, -0.1) is 11.6 Å². The fraction of sp³-hybridized carbons (Fsp3) is 0.353. The predicted molar refractivity (Wildman–Crippen MR) is 86.5 cm³/mol. The maximum atomic E-state index is 5.97. The second kappa shape index (κ2) is 6.76. The fourth-order valence-corrected chi connectivity index (χ4v) is 2.41. The van der Waals surface area contributed by atoms with Gasteiger partial charge in [-0.1, -0.05) is 36.8 Å². The lowest BCUT2D eigenvalue weighted by molar-refractivity contribution is 0.879. The van der Waals surface area contributed by atoms with Gasteiger partial charge in [0.15, 0.2) is 0 Å². The van der Waals surface area contributed by atoms with E-state index in [0.29, 0.717) is 5.88 Å². The predicted octanol–water partition coefficient (Wildman–Crippen LogP) is 4.33. The SMILES string of the molecule is CCc1cc(CCl)cc(N(C)Cc2cccc(C)c2)n1. The Morgan fingerprint density at radius 1 is 1.15 bits per heavy atom. The molecule has 0 unspecified atom stereocenters. The molecule has 2 aromatic rings. The summed E-state index contributed by atoms with van der Waals surface area (Å²) in [4.78, 5) is 6.86. The van der Waals surface area contributed by atoms with Gasteiger partial charge in [0.1, 0.15) is 5.82 Å². The van der Waals surface area contributed by atoms with Crippen LogP contribution in [0.5, 0.6) is 0 Å². The van der Waals surface area contributed by atoms with E-state index in [2.05, 4.69) is 67.2 Å². The Morgan fingerprint density at radius 3 is 2.60 bits per heavy atom. The van der Waals surface area contributed by atoms with Crippen LogP contribution in [0.4, 0.5) is 5.82 Å². The average Bonchev–Trinajstić information content (AvgIpc) is 2.46. The molecule has 0 amide bonds. The van der Waals surface area contributed by atoms with Gasteiger partial charge >= 0.3 is 0 Å². The van der Waals surface area contributed by atoms with Crippen LogP contribution in [-0.2, 0) is 18.8 Å². The summed E-state index contributed by atoms with van der Waals surface area (Å²) < 4.78 is 0. The summed E-state index contributed by atoms with van der Waals surface area (Å²) >= 11 is 5.97. The molecule has 1 heterocycles. The van der Waals surface area contributed by atoms with Gasteiger partial charge in [0.05, 0.1) is 0 Å². The van der Waals surface area contributed by atoms with Gasteiger partial charge in [0, 0.05) is 25.2 Å². The highest BCUT2D eigenvalue weighted by molar-refractivity contribution is 6.17. The van der Waals surface area contributed by atoms with Gasteiger partial charge in [-0.25, -0.2) is 4.98 Å². The summed E-state index contributed by atoms with van der Waals surface area (Å²) in [5.41, 5.74) is 4.80. The highest BCUT2D eigenvalue weighted by atomic mass is 35.5. The number of nitrogens with zero attached hydrogens (tertiary/aromatic N) is 2. The molecule has 0 spiro atoms. The van der Waals surface area contributed by atoms with Crippen molar-refractivity contribution in [2.75, 3.05) is 11.9 Å². The Morgan fingerprint density at radius 2 is 1.95 bits per heavy atom. The molecule has 1 aromatic heterocycles. The van der Waals surface area contributed by atoms with Crippen molar-refractivity contribution in [3.63, 3.8) is 0 Å². The van der Waals surface area contributed by atoms with Crippen molar-refractivity contribution in [1.82, 2.24) is 4.98 Å². The molecule has 0 bridgehead atoms. The number of rotatable bonds is 5.